The Morgan fingerprint density at radius 1 is 1.35 bits per heavy atom. The van der Waals surface area contributed by atoms with Crippen molar-refractivity contribution in [2.75, 3.05) is 7.11 Å². The van der Waals surface area contributed by atoms with E-state index in [1.165, 1.54) is 19.2 Å². The minimum Gasteiger partial charge on any atom is -0.494 e. The molecule has 0 aromatic heterocycles. The van der Waals surface area contributed by atoms with Gasteiger partial charge in [-0.25, -0.2) is 4.39 Å². The molecule has 0 saturated heterocycles. The lowest BCUT2D eigenvalue weighted by molar-refractivity contribution is -0.187. The highest BCUT2D eigenvalue weighted by Crippen LogP contribution is 2.45. The second-order valence-corrected chi connectivity index (χ2v) is 5.31. The van der Waals surface area contributed by atoms with Gasteiger partial charge >= 0.3 is 6.18 Å². The third-order valence-corrected chi connectivity index (χ3v) is 3.97. The molecule has 0 bridgehead atoms. The van der Waals surface area contributed by atoms with E-state index in [0.29, 0.717) is 12.8 Å². The summed E-state index contributed by atoms with van der Waals surface area (Å²) in [6.07, 6.45) is -3.87. The summed E-state index contributed by atoms with van der Waals surface area (Å²) in [6, 6.07) is 4.41. The minimum absolute atomic E-state index is 0.00135. The van der Waals surface area contributed by atoms with Crippen LogP contribution in [0.25, 0.3) is 0 Å². The van der Waals surface area contributed by atoms with E-state index < -0.39 is 23.5 Å². The molecule has 2 atom stereocenters. The molecule has 112 valence electrons. The Morgan fingerprint density at radius 2 is 2.05 bits per heavy atom. The monoisotopic (exact) mass is 291 g/mol. The molecule has 0 heterocycles. The zero-order valence-electron chi connectivity index (χ0n) is 11.1. The number of methoxy groups -OCH3 is 1. The molecule has 1 fully saturated rings. The van der Waals surface area contributed by atoms with Crippen LogP contribution in [0.1, 0.15) is 31.2 Å². The van der Waals surface area contributed by atoms with Crippen LogP contribution < -0.4 is 10.5 Å². The lowest BCUT2D eigenvalue weighted by Gasteiger charge is -2.39. The van der Waals surface area contributed by atoms with Crippen molar-refractivity contribution in [2.24, 2.45) is 11.7 Å². The first-order valence-corrected chi connectivity index (χ1v) is 6.46. The van der Waals surface area contributed by atoms with Crippen molar-refractivity contribution in [1.82, 2.24) is 0 Å². The zero-order valence-corrected chi connectivity index (χ0v) is 11.1. The molecule has 1 saturated carbocycles. The van der Waals surface area contributed by atoms with Crippen LogP contribution in [0.15, 0.2) is 18.2 Å². The number of benzene rings is 1. The van der Waals surface area contributed by atoms with Crippen LogP contribution in [0, 0.1) is 11.7 Å². The number of ether oxygens (including phenoxy) is 1. The zero-order chi connectivity index (χ0) is 15.0. The van der Waals surface area contributed by atoms with Gasteiger partial charge in [0.05, 0.1) is 13.0 Å². The summed E-state index contributed by atoms with van der Waals surface area (Å²) in [5.41, 5.74) is 4.90. The Hall–Kier alpha value is -1.30. The highest BCUT2D eigenvalue weighted by atomic mass is 19.4. The fourth-order valence-corrected chi connectivity index (χ4v) is 2.88. The smallest absolute Gasteiger partial charge is 0.391 e. The molecule has 2 N–H and O–H groups in total. The Kier molecular flexibility index (Phi) is 3.95. The van der Waals surface area contributed by atoms with Gasteiger partial charge in [0.1, 0.15) is 0 Å². The first-order chi connectivity index (χ1) is 9.28. The van der Waals surface area contributed by atoms with E-state index in [9.17, 15) is 17.6 Å². The molecular formula is C14H17F4NO. The Bertz CT molecular complexity index is 489. The van der Waals surface area contributed by atoms with E-state index >= 15 is 0 Å². The maximum Gasteiger partial charge on any atom is 0.391 e. The molecule has 6 heteroatoms. The predicted molar refractivity (Wildman–Crippen MR) is 66.8 cm³/mol. The van der Waals surface area contributed by atoms with Gasteiger partial charge < -0.3 is 10.5 Å². The largest absolute Gasteiger partial charge is 0.494 e. The topological polar surface area (TPSA) is 35.2 Å². The van der Waals surface area contributed by atoms with E-state index in [1.54, 1.807) is 6.07 Å². The van der Waals surface area contributed by atoms with E-state index in [4.69, 9.17) is 10.5 Å². The predicted octanol–water partition coefficient (Wildman–Crippen LogP) is 3.74. The van der Waals surface area contributed by atoms with Gasteiger partial charge in [-0.2, -0.15) is 13.2 Å². The quantitative estimate of drug-likeness (QED) is 0.842. The average Bonchev–Trinajstić information content (AvgIpc) is 2.38. The number of hydrogen-bond donors (Lipinski definition) is 1. The maximum absolute atomic E-state index is 14.2. The van der Waals surface area contributed by atoms with Gasteiger partial charge in [-0.05, 0) is 25.3 Å². The van der Waals surface area contributed by atoms with Crippen LogP contribution in [0.3, 0.4) is 0 Å². The van der Waals surface area contributed by atoms with Crippen molar-refractivity contribution in [3.8, 4) is 5.75 Å². The summed E-state index contributed by atoms with van der Waals surface area (Å²) >= 11 is 0. The van der Waals surface area contributed by atoms with E-state index in [2.05, 4.69) is 0 Å². The van der Waals surface area contributed by atoms with Crippen LogP contribution in [0.5, 0.6) is 5.75 Å². The highest BCUT2D eigenvalue weighted by molar-refractivity contribution is 5.36. The van der Waals surface area contributed by atoms with Crippen LogP contribution >= 0.6 is 0 Å². The Balaban J connectivity index is 2.35. The maximum atomic E-state index is 14.2. The molecule has 2 nitrogen and oxygen atoms in total. The van der Waals surface area contributed by atoms with Crippen LogP contribution in [0.4, 0.5) is 17.6 Å². The number of alkyl halides is 3. The first kappa shape index (κ1) is 15.1. The Labute approximate surface area is 114 Å². The molecule has 0 amide bonds. The lowest BCUT2D eigenvalue weighted by Crippen LogP contribution is -2.45. The summed E-state index contributed by atoms with van der Waals surface area (Å²) in [4.78, 5) is 0. The molecule has 2 unspecified atom stereocenters. The SMILES string of the molecule is COc1cccc(C2(N)CCCC(C(F)(F)F)C2)c1F. The second-order valence-electron chi connectivity index (χ2n) is 5.31. The molecule has 0 aliphatic heterocycles. The number of halogens is 4. The fraction of sp³-hybridized carbons (Fsp3) is 0.571. The molecule has 1 aromatic rings. The van der Waals surface area contributed by atoms with Gasteiger partial charge in [-0.1, -0.05) is 18.6 Å². The molecule has 1 aliphatic rings. The van der Waals surface area contributed by atoms with Crippen LogP contribution in [0.2, 0.25) is 0 Å². The first-order valence-electron chi connectivity index (χ1n) is 6.46. The number of rotatable bonds is 2. The van der Waals surface area contributed by atoms with Crippen molar-refractivity contribution in [2.45, 2.75) is 37.4 Å². The fourth-order valence-electron chi connectivity index (χ4n) is 2.88. The minimum atomic E-state index is -4.29. The average molecular weight is 291 g/mol. The van der Waals surface area contributed by atoms with Gasteiger partial charge in [-0.15, -0.1) is 0 Å². The van der Waals surface area contributed by atoms with Crippen molar-refractivity contribution in [3.05, 3.63) is 29.6 Å². The third-order valence-electron chi connectivity index (χ3n) is 3.97. The van der Waals surface area contributed by atoms with Gasteiger partial charge in [0.25, 0.3) is 0 Å². The number of hydrogen-bond acceptors (Lipinski definition) is 2. The van der Waals surface area contributed by atoms with Gasteiger partial charge in [0.15, 0.2) is 11.6 Å². The molecule has 0 spiro atoms. The second kappa shape index (κ2) is 5.24. The standard InChI is InChI=1S/C14H17F4NO/c1-20-11-6-2-5-10(12(11)15)13(19)7-3-4-9(8-13)14(16,17)18/h2,5-6,9H,3-4,7-8,19H2,1H3. The molecule has 2 rings (SSSR count). The normalized spacial score (nSPS) is 27.4. The lowest BCUT2D eigenvalue weighted by atomic mass is 9.72. The van der Waals surface area contributed by atoms with Gasteiger partial charge in [-0.3, -0.25) is 0 Å². The van der Waals surface area contributed by atoms with E-state index in [1.807, 2.05) is 0 Å². The van der Waals surface area contributed by atoms with Crippen molar-refractivity contribution < 1.29 is 22.3 Å². The van der Waals surface area contributed by atoms with Gasteiger partial charge in [0, 0.05) is 11.1 Å². The van der Waals surface area contributed by atoms with E-state index in [0.717, 1.165) is 0 Å². The summed E-state index contributed by atoms with van der Waals surface area (Å²) in [5, 5.41) is 0. The number of nitrogens with two attached hydrogens (primary N) is 1. The van der Waals surface area contributed by atoms with Crippen LogP contribution in [-0.2, 0) is 5.54 Å². The summed E-state index contributed by atoms with van der Waals surface area (Å²) in [7, 11) is 1.31. The van der Waals surface area contributed by atoms with Crippen molar-refractivity contribution in [1.29, 1.82) is 0 Å². The summed E-state index contributed by atoms with van der Waals surface area (Å²) in [6.45, 7) is 0. The molecular weight excluding hydrogens is 274 g/mol. The van der Waals surface area contributed by atoms with E-state index in [-0.39, 0.29) is 24.2 Å². The highest BCUT2D eigenvalue weighted by Gasteiger charge is 2.47. The Morgan fingerprint density at radius 3 is 2.65 bits per heavy atom. The van der Waals surface area contributed by atoms with Crippen LogP contribution in [-0.4, -0.2) is 13.3 Å². The molecule has 20 heavy (non-hydrogen) atoms. The molecule has 1 aliphatic carbocycles. The molecule has 1 aromatic carbocycles. The summed E-state index contributed by atoms with van der Waals surface area (Å²) in [5.74, 6) is -2.14. The third kappa shape index (κ3) is 2.75. The van der Waals surface area contributed by atoms with Gasteiger partial charge in [0.2, 0.25) is 0 Å². The van der Waals surface area contributed by atoms with Crippen molar-refractivity contribution in [3.63, 3.8) is 0 Å². The molecule has 0 radical (unpaired) electrons. The summed E-state index contributed by atoms with van der Waals surface area (Å²) < 4.78 is 57.7. The van der Waals surface area contributed by atoms with Crippen molar-refractivity contribution >= 4 is 0 Å².